The monoisotopic (exact) mass is 729 g/mol. The molecule has 2 heterocycles. The molecule has 0 saturated carbocycles. The molecular weight excluding hydrogens is 695 g/mol. The van der Waals surface area contributed by atoms with Crippen LogP contribution >= 0.6 is 0 Å². The maximum Gasteiger partial charge on any atom is 0.143 e. The van der Waals surface area contributed by atoms with E-state index in [0.29, 0.717) is 0 Å². The molecule has 0 aliphatic carbocycles. The average Bonchev–Trinajstić information content (AvgIpc) is 3.86. The molecule has 57 heavy (non-hydrogen) atoms. The Bertz CT molecular complexity index is 3110. The van der Waals surface area contributed by atoms with Crippen molar-refractivity contribution >= 4 is 60.9 Å². The summed E-state index contributed by atoms with van der Waals surface area (Å²) in [5, 5.41) is 4.43. The van der Waals surface area contributed by atoms with Crippen LogP contribution in [0.25, 0.3) is 88.4 Å². The third kappa shape index (κ3) is 5.76. The molecule has 0 aliphatic heterocycles. The molecule has 0 saturated heterocycles. The maximum atomic E-state index is 6.69. The van der Waals surface area contributed by atoms with Gasteiger partial charge in [-0.2, -0.15) is 0 Å². The standard InChI is InChI=1S/C54H35NO2/c1-3-11-36(12-4-1)38-19-26-42(27-20-38)55(43-28-21-39(22-29-43)37-13-5-2-6-14-37)44-30-23-40(24-31-44)45-33-34-46(54-53(45)49-16-8-10-18-51(49)57-54)41-25-32-48-47-15-7-9-17-50(47)56-52(48)35-41/h1-35H. The van der Waals surface area contributed by atoms with Crippen LogP contribution in [0.5, 0.6) is 0 Å². The van der Waals surface area contributed by atoms with Gasteiger partial charge in [-0.1, -0.05) is 146 Å². The molecule has 11 aromatic rings. The fraction of sp³-hybridized carbons (Fsp3) is 0. The number of para-hydroxylation sites is 2. The van der Waals surface area contributed by atoms with Crippen molar-refractivity contribution in [2.75, 3.05) is 4.90 Å². The highest BCUT2D eigenvalue weighted by atomic mass is 16.3. The zero-order chi connectivity index (χ0) is 37.7. The van der Waals surface area contributed by atoms with Gasteiger partial charge < -0.3 is 13.7 Å². The van der Waals surface area contributed by atoms with Crippen molar-refractivity contribution < 1.29 is 8.83 Å². The van der Waals surface area contributed by atoms with E-state index in [1.54, 1.807) is 0 Å². The number of rotatable bonds is 7. The third-order valence-corrected chi connectivity index (χ3v) is 11.1. The van der Waals surface area contributed by atoms with Crippen molar-refractivity contribution in [3.63, 3.8) is 0 Å². The summed E-state index contributed by atoms with van der Waals surface area (Å²) < 4.78 is 13.0. The molecule has 0 spiro atoms. The molecule has 2 aromatic heterocycles. The van der Waals surface area contributed by atoms with Crippen molar-refractivity contribution in [2.45, 2.75) is 0 Å². The van der Waals surface area contributed by atoms with E-state index in [2.05, 4.69) is 199 Å². The van der Waals surface area contributed by atoms with E-state index < -0.39 is 0 Å². The lowest BCUT2D eigenvalue weighted by Gasteiger charge is -2.26. The van der Waals surface area contributed by atoms with Crippen molar-refractivity contribution in [1.29, 1.82) is 0 Å². The highest BCUT2D eigenvalue weighted by Gasteiger charge is 2.19. The first-order valence-corrected chi connectivity index (χ1v) is 19.3. The van der Waals surface area contributed by atoms with Crippen LogP contribution in [0.15, 0.2) is 221 Å². The van der Waals surface area contributed by atoms with Gasteiger partial charge in [0.05, 0.1) is 0 Å². The number of benzene rings is 9. The zero-order valence-electron chi connectivity index (χ0n) is 31.0. The van der Waals surface area contributed by atoms with E-state index in [4.69, 9.17) is 8.83 Å². The SMILES string of the molecule is c1ccc(-c2ccc(N(c3ccc(-c4ccccc4)cc3)c3ccc(-c4ccc(-c5ccc6c(c5)oc5ccccc56)c5oc6ccccc6c45)cc3)cc2)cc1. The van der Waals surface area contributed by atoms with E-state index in [0.717, 1.165) is 83.2 Å². The lowest BCUT2D eigenvalue weighted by atomic mass is 9.94. The molecule has 11 rings (SSSR count). The Morgan fingerprint density at radius 2 is 0.719 bits per heavy atom. The largest absolute Gasteiger partial charge is 0.456 e. The van der Waals surface area contributed by atoms with Crippen molar-refractivity contribution in [1.82, 2.24) is 0 Å². The molecule has 0 unspecified atom stereocenters. The van der Waals surface area contributed by atoms with Gasteiger partial charge in [0, 0.05) is 44.2 Å². The molecule has 0 amide bonds. The lowest BCUT2D eigenvalue weighted by molar-refractivity contribution is 0.668. The lowest BCUT2D eigenvalue weighted by Crippen LogP contribution is -2.09. The Balaban J connectivity index is 1.01. The summed E-state index contributed by atoms with van der Waals surface area (Å²) in [6.45, 7) is 0. The summed E-state index contributed by atoms with van der Waals surface area (Å²) in [7, 11) is 0. The van der Waals surface area contributed by atoms with Gasteiger partial charge in [0.2, 0.25) is 0 Å². The summed E-state index contributed by atoms with van der Waals surface area (Å²) in [5.74, 6) is 0. The van der Waals surface area contributed by atoms with Crippen LogP contribution in [-0.2, 0) is 0 Å². The number of furan rings is 2. The van der Waals surface area contributed by atoms with E-state index in [1.807, 2.05) is 18.2 Å². The molecule has 3 nitrogen and oxygen atoms in total. The number of anilines is 3. The van der Waals surface area contributed by atoms with Crippen molar-refractivity contribution in [2.24, 2.45) is 0 Å². The quantitative estimate of drug-likeness (QED) is 0.164. The fourth-order valence-electron chi connectivity index (χ4n) is 8.29. The first-order valence-electron chi connectivity index (χ1n) is 19.3. The average molecular weight is 730 g/mol. The van der Waals surface area contributed by atoms with Gasteiger partial charge in [-0.25, -0.2) is 0 Å². The Hall–Kier alpha value is -7.62. The Kier molecular flexibility index (Phi) is 7.82. The summed E-state index contributed by atoms with van der Waals surface area (Å²) in [6, 6.07) is 75.1. The van der Waals surface area contributed by atoms with Gasteiger partial charge in [-0.3, -0.25) is 0 Å². The van der Waals surface area contributed by atoms with Crippen LogP contribution in [0.4, 0.5) is 17.1 Å². The van der Waals surface area contributed by atoms with Crippen molar-refractivity contribution in [3.05, 3.63) is 212 Å². The highest BCUT2D eigenvalue weighted by Crippen LogP contribution is 2.44. The van der Waals surface area contributed by atoms with E-state index in [9.17, 15) is 0 Å². The second-order valence-corrected chi connectivity index (χ2v) is 14.5. The first-order chi connectivity index (χ1) is 28.2. The van der Waals surface area contributed by atoms with Crippen LogP contribution in [0, 0.1) is 0 Å². The topological polar surface area (TPSA) is 29.5 Å². The molecule has 9 aromatic carbocycles. The van der Waals surface area contributed by atoms with Gasteiger partial charge in [0.25, 0.3) is 0 Å². The molecule has 3 heteroatoms. The second-order valence-electron chi connectivity index (χ2n) is 14.5. The van der Waals surface area contributed by atoms with Crippen LogP contribution in [-0.4, -0.2) is 0 Å². The molecule has 268 valence electrons. The predicted molar refractivity (Wildman–Crippen MR) is 237 cm³/mol. The smallest absolute Gasteiger partial charge is 0.143 e. The van der Waals surface area contributed by atoms with Gasteiger partial charge in [-0.05, 0) is 106 Å². The second kappa shape index (κ2) is 13.6. The van der Waals surface area contributed by atoms with Gasteiger partial charge in [0.15, 0.2) is 0 Å². The highest BCUT2D eigenvalue weighted by molar-refractivity contribution is 6.17. The zero-order valence-corrected chi connectivity index (χ0v) is 31.0. The minimum Gasteiger partial charge on any atom is -0.456 e. The summed E-state index contributed by atoms with van der Waals surface area (Å²) in [5.41, 5.74) is 15.8. The molecule has 0 N–H and O–H groups in total. The molecule has 0 atom stereocenters. The minimum absolute atomic E-state index is 0.867. The molecule has 0 radical (unpaired) electrons. The third-order valence-electron chi connectivity index (χ3n) is 11.1. The predicted octanol–water partition coefficient (Wildman–Crippen LogP) is 15.6. The normalized spacial score (nSPS) is 11.5. The number of hydrogen-bond donors (Lipinski definition) is 0. The molecule has 0 aliphatic rings. The molecular formula is C54H35NO2. The summed E-state index contributed by atoms with van der Waals surface area (Å²) in [6.07, 6.45) is 0. The molecule has 0 fully saturated rings. The summed E-state index contributed by atoms with van der Waals surface area (Å²) in [4.78, 5) is 2.33. The van der Waals surface area contributed by atoms with Gasteiger partial charge >= 0.3 is 0 Å². The number of nitrogens with zero attached hydrogens (tertiary/aromatic N) is 1. The van der Waals surface area contributed by atoms with E-state index in [1.165, 1.54) is 22.3 Å². The van der Waals surface area contributed by atoms with E-state index in [-0.39, 0.29) is 0 Å². The molecule has 0 bridgehead atoms. The van der Waals surface area contributed by atoms with Crippen molar-refractivity contribution in [3.8, 4) is 44.5 Å². The van der Waals surface area contributed by atoms with Crippen LogP contribution in [0.3, 0.4) is 0 Å². The summed E-state index contributed by atoms with van der Waals surface area (Å²) >= 11 is 0. The van der Waals surface area contributed by atoms with Crippen LogP contribution in [0.1, 0.15) is 0 Å². The van der Waals surface area contributed by atoms with Crippen LogP contribution in [0.2, 0.25) is 0 Å². The van der Waals surface area contributed by atoms with E-state index >= 15 is 0 Å². The van der Waals surface area contributed by atoms with Crippen LogP contribution < -0.4 is 4.90 Å². The number of fused-ring (bicyclic) bond motifs is 6. The Morgan fingerprint density at radius 1 is 0.281 bits per heavy atom. The maximum absolute atomic E-state index is 6.69. The fourth-order valence-corrected chi connectivity index (χ4v) is 8.29. The number of hydrogen-bond acceptors (Lipinski definition) is 3. The van der Waals surface area contributed by atoms with Gasteiger partial charge in [0.1, 0.15) is 22.3 Å². The van der Waals surface area contributed by atoms with Gasteiger partial charge in [-0.15, -0.1) is 0 Å². The Morgan fingerprint density at radius 3 is 1.32 bits per heavy atom. The Labute approximate surface area is 330 Å². The minimum atomic E-state index is 0.867. The first kappa shape index (κ1) is 32.8.